The summed E-state index contributed by atoms with van der Waals surface area (Å²) in [5.74, 6) is -0.992. The van der Waals surface area contributed by atoms with E-state index in [2.05, 4.69) is 22.5 Å². The quantitative estimate of drug-likeness (QED) is 0.0805. The summed E-state index contributed by atoms with van der Waals surface area (Å²) in [5.41, 5.74) is 11.8. The molecule has 12 heteroatoms. The Morgan fingerprint density at radius 1 is 0.878 bits per heavy atom. The zero-order valence-electron chi connectivity index (χ0n) is 22.9. The fourth-order valence-electron chi connectivity index (χ4n) is 3.72. The van der Waals surface area contributed by atoms with E-state index in [9.17, 15) is 14.2 Å². The van der Waals surface area contributed by atoms with E-state index in [1.54, 1.807) is 84.9 Å². The lowest BCUT2D eigenvalue weighted by atomic mass is 10.2. The standard InChI is InChI=1S/C29H36N5O6P/c1-2-3-6-15-26(35)32-20-21-38-29(36)34-27(22-16-18-23(19-17-22)33-28(30)31)41(37,39-24-11-7-4-8-12-24)40-25-13-9-5-10-14-25/h4-5,7-14,16-19,27H,2-3,6,15,20-21H2,1H3,(H,32,35)(H,34,36)(H4,30,31,33). The van der Waals surface area contributed by atoms with Crippen molar-refractivity contribution in [2.75, 3.05) is 13.2 Å². The van der Waals surface area contributed by atoms with Gasteiger partial charge in [0, 0.05) is 6.42 Å². The van der Waals surface area contributed by atoms with Crippen LogP contribution in [-0.4, -0.2) is 31.1 Å². The van der Waals surface area contributed by atoms with Gasteiger partial charge in [0.05, 0.1) is 12.2 Å². The third kappa shape index (κ3) is 10.5. The van der Waals surface area contributed by atoms with Crippen LogP contribution in [0.15, 0.2) is 89.9 Å². The summed E-state index contributed by atoms with van der Waals surface area (Å²) < 4.78 is 31.8. The molecule has 0 aliphatic heterocycles. The first-order valence-corrected chi connectivity index (χ1v) is 14.9. The second-order valence-electron chi connectivity index (χ2n) is 8.97. The fourth-order valence-corrected chi connectivity index (χ4v) is 5.60. The zero-order valence-corrected chi connectivity index (χ0v) is 23.8. The highest BCUT2D eigenvalue weighted by Crippen LogP contribution is 2.59. The molecule has 0 bridgehead atoms. The summed E-state index contributed by atoms with van der Waals surface area (Å²) in [7, 11) is -4.23. The molecule has 6 N–H and O–H groups in total. The average molecular weight is 582 g/mol. The highest BCUT2D eigenvalue weighted by Gasteiger charge is 2.42. The fraction of sp³-hybridized carbons (Fsp3) is 0.276. The number of nitrogens with zero attached hydrogens (tertiary/aromatic N) is 1. The number of rotatable bonds is 15. The van der Waals surface area contributed by atoms with Crippen LogP contribution in [0.4, 0.5) is 10.5 Å². The van der Waals surface area contributed by atoms with Crippen LogP contribution in [-0.2, 0) is 14.1 Å². The van der Waals surface area contributed by atoms with Gasteiger partial charge in [0.1, 0.15) is 18.1 Å². The molecule has 0 saturated heterocycles. The summed E-state index contributed by atoms with van der Waals surface area (Å²) in [4.78, 5) is 28.8. The van der Waals surface area contributed by atoms with Crippen LogP contribution < -0.4 is 31.1 Å². The van der Waals surface area contributed by atoms with Crippen molar-refractivity contribution in [1.29, 1.82) is 0 Å². The van der Waals surface area contributed by atoms with Gasteiger partial charge in [0.15, 0.2) is 11.7 Å². The van der Waals surface area contributed by atoms with Crippen LogP contribution in [0.25, 0.3) is 0 Å². The maximum absolute atomic E-state index is 14.6. The van der Waals surface area contributed by atoms with Crippen molar-refractivity contribution in [2.24, 2.45) is 16.5 Å². The lowest BCUT2D eigenvalue weighted by molar-refractivity contribution is -0.121. The number of carbonyl (C=O) groups is 2. The van der Waals surface area contributed by atoms with Gasteiger partial charge >= 0.3 is 13.7 Å². The van der Waals surface area contributed by atoms with Crippen molar-refractivity contribution in [1.82, 2.24) is 10.6 Å². The molecule has 0 aliphatic rings. The van der Waals surface area contributed by atoms with Crippen molar-refractivity contribution in [2.45, 2.75) is 38.4 Å². The smallest absolute Gasteiger partial charge is 0.448 e. The minimum Gasteiger partial charge on any atom is -0.448 e. The SMILES string of the molecule is CCCCCC(=O)NCCOC(=O)NC(c1ccc(N=C(N)N)cc1)P(=O)(Oc1ccccc1)Oc1ccccc1. The first kappa shape index (κ1) is 31.0. The molecule has 218 valence electrons. The van der Waals surface area contributed by atoms with E-state index in [4.69, 9.17) is 25.3 Å². The lowest BCUT2D eigenvalue weighted by Gasteiger charge is -2.28. The third-order valence-electron chi connectivity index (χ3n) is 5.65. The van der Waals surface area contributed by atoms with Crippen LogP contribution in [0.1, 0.15) is 44.0 Å². The number of hydrogen-bond acceptors (Lipinski definition) is 7. The number of nitrogens with two attached hydrogens (primary N) is 2. The molecule has 41 heavy (non-hydrogen) atoms. The molecule has 0 fully saturated rings. The molecule has 3 aromatic rings. The maximum atomic E-state index is 14.6. The van der Waals surface area contributed by atoms with Crippen molar-refractivity contribution in [3.63, 3.8) is 0 Å². The minimum atomic E-state index is -4.23. The van der Waals surface area contributed by atoms with Crippen molar-refractivity contribution >= 4 is 31.2 Å². The van der Waals surface area contributed by atoms with Gasteiger partial charge in [0.25, 0.3) is 0 Å². The van der Waals surface area contributed by atoms with E-state index < -0.39 is 19.5 Å². The molecule has 3 aromatic carbocycles. The number of carbonyl (C=O) groups excluding carboxylic acids is 2. The van der Waals surface area contributed by atoms with Gasteiger partial charge in [-0.3, -0.25) is 4.79 Å². The van der Waals surface area contributed by atoms with E-state index in [0.29, 0.717) is 17.7 Å². The summed E-state index contributed by atoms with van der Waals surface area (Å²) in [6, 6.07) is 23.3. The van der Waals surface area contributed by atoms with Crippen LogP contribution in [0, 0.1) is 0 Å². The molecule has 0 aromatic heterocycles. The minimum absolute atomic E-state index is 0.0924. The molecular formula is C29H36N5O6P. The highest BCUT2D eigenvalue weighted by molar-refractivity contribution is 7.55. The zero-order chi connectivity index (χ0) is 29.5. The molecule has 0 heterocycles. The monoisotopic (exact) mass is 581 g/mol. The summed E-state index contributed by atoms with van der Waals surface area (Å²) in [5, 5.41) is 5.35. The van der Waals surface area contributed by atoms with E-state index in [0.717, 1.165) is 19.3 Å². The molecule has 2 amide bonds. The Bertz CT molecular complexity index is 1270. The second-order valence-corrected chi connectivity index (χ2v) is 10.9. The molecule has 11 nitrogen and oxygen atoms in total. The second kappa shape index (κ2) is 15.9. The molecule has 0 saturated carbocycles. The molecule has 0 aliphatic carbocycles. The number of para-hydroxylation sites is 2. The Morgan fingerprint density at radius 3 is 2.00 bits per heavy atom. The van der Waals surface area contributed by atoms with Gasteiger partial charge in [-0.2, -0.15) is 0 Å². The first-order valence-electron chi connectivity index (χ1n) is 13.3. The Balaban J connectivity index is 1.84. The molecule has 1 unspecified atom stereocenters. The number of hydrogen-bond donors (Lipinski definition) is 4. The van der Waals surface area contributed by atoms with Crippen molar-refractivity contribution < 1.29 is 27.9 Å². The Kier molecular flexibility index (Phi) is 12.1. The number of guanidine groups is 1. The Labute approximate surface area is 239 Å². The summed E-state index contributed by atoms with van der Waals surface area (Å²) in [6.07, 6.45) is 2.31. The Hall–Kier alpha value is -4.50. The topological polar surface area (TPSA) is 167 Å². The van der Waals surface area contributed by atoms with Crippen LogP contribution in [0.2, 0.25) is 0 Å². The van der Waals surface area contributed by atoms with Gasteiger partial charge in [-0.1, -0.05) is 68.3 Å². The van der Waals surface area contributed by atoms with E-state index in [1.165, 1.54) is 0 Å². The number of amides is 2. The van der Waals surface area contributed by atoms with Gasteiger partial charge in [0.2, 0.25) is 5.91 Å². The molecule has 0 radical (unpaired) electrons. The predicted octanol–water partition coefficient (Wildman–Crippen LogP) is 5.36. The molecule has 3 rings (SSSR count). The molecule has 1 atom stereocenters. The van der Waals surface area contributed by atoms with Crippen LogP contribution in [0.5, 0.6) is 11.5 Å². The van der Waals surface area contributed by atoms with Crippen LogP contribution in [0.3, 0.4) is 0 Å². The van der Waals surface area contributed by atoms with Crippen molar-refractivity contribution in [3.05, 3.63) is 90.5 Å². The van der Waals surface area contributed by atoms with E-state index in [1.807, 2.05) is 0 Å². The van der Waals surface area contributed by atoms with Crippen molar-refractivity contribution in [3.8, 4) is 11.5 Å². The molecular weight excluding hydrogens is 545 g/mol. The van der Waals surface area contributed by atoms with Gasteiger partial charge in [-0.05, 0) is 48.4 Å². The molecule has 0 spiro atoms. The third-order valence-corrected chi connectivity index (χ3v) is 7.64. The number of nitrogens with one attached hydrogen (secondary N) is 2. The number of alkyl carbamates (subject to hydrolysis) is 1. The van der Waals surface area contributed by atoms with Gasteiger partial charge in [-0.15, -0.1) is 0 Å². The van der Waals surface area contributed by atoms with Gasteiger partial charge < -0.3 is 35.9 Å². The highest BCUT2D eigenvalue weighted by atomic mass is 31.2. The van der Waals surface area contributed by atoms with Crippen LogP contribution >= 0.6 is 7.60 Å². The largest absolute Gasteiger partial charge is 0.457 e. The maximum Gasteiger partial charge on any atom is 0.457 e. The predicted molar refractivity (Wildman–Crippen MR) is 158 cm³/mol. The number of benzene rings is 3. The first-order chi connectivity index (χ1) is 19.8. The van der Waals surface area contributed by atoms with Gasteiger partial charge in [-0.25, -0.2) is 14.4 Å². The Morgan fingerprint density at radius 2 is 1.46 bits per heavy atom. The normalized spacial score (nSPS) is 11.5. The summed E-state index contributed by atoms with van der Waals surface area (Å²) in [6.45, 7) is 2.10. The number of ether oxygens (including phenoxy) is 1. The summed E-state index contributed by atoms with van der Waals surface area (Å²) >= 11 is 0. The average Bonchev–Trinajstić information content (AvgIpc) is 2.95. The number of unbranched alkanes of at least 4 members (excludes halogenated alkanes) is 2. The number of aliphatic imine (C=N–C) groups is 1. The van der Waals surface area contributed by atoms with E-state index >= 15 is 0 Å². The lowest BCUT2D eigenvalue weighted by Crippen LogP contribution is -2.34. The van der Waals surface area contributed by atoms with E-state index in [-0.39, 0.29) is 36.5 Å².